The molecule has 0 saturated carbocycles. The lowest BCUT2D eigenvalue weighted by Crippen LogP contribution is -2.26. The first-order valence-corrected chi connectivity index (χ1v) is 9.43. The summed E-state index contributed by atoms with van der Waals surface area (Å²) in [5.41, 5.74) is 19.4. The molecular formula is C17H24N8S. The number of nitrogens with one attached hydrogen (secondary N) is 1. The zero-order valence-electron chi connectivity index (χ0n) is 14.6. The van der Waals surface area contributed by atoms with Gasteiger partial charge >= 0.3 is 0 Å². The van der Waals surface area contributed by atoms with Crippen LogP contribution in [0.25, 0.3) is 11.3 Å². The number of guanidine groups is 2. The van der Waals surface area contributed by atoms with Crippen LogP contribution in [0.15, 0.2) is 39.6 Å². The molecule has 0 atom stereocenters. The van der Waals surface area contributed by atoms with Crippen LogP contribution in [0.2, 0.25) is 0 Å². The number of nitrogens with zero attached hydrogens (tertiary/aromatic N) is 4. The van der Waals surface area contributed by atoms with E-state index in [9.17, 15) is 0 Å². The van der Waals surface area contributed by atoms with Crippen molar-refractivity contribution in [3.05, 3.63) is 29.6 Å². The van der Waals surface area contributed by atoms with Crippen molar-refractivity contribution in [1.29, 1.82) is 0 Å². The van der Waals surface area contributed by atoms with Crippen LogP contribution in [0.3, 0.4) is 0 Å². The minimum atomic E-state index is 0.00458. The summed E-state index contributed by atoms with van der Waals surface area (Å²) in [6.45, 7) is 4.02. The molecular weight excluding hydrogens is 348 g/mol. The number of rotatable bonds is 6. The Balaban J connectivity index is 1.55. The van der Waals surface area contributed by atoms with Crippen molar-refractivity contribution in [2.45, 2.75) is 12.8 Å². The molecule has 7 N–H and O–H groups in total. The molecule has 8 nitrogen and oxygen atoms in total. The van der Waals surface area contributed by atoms with Crippen LogP contribution in [0.1, 0.15) is 12.8 Å². The molecule has 0 unspecified atom stereocenters. The van der Waals surface area contributed by atoms with Gasteiger partial charge < -0.3 is 27.4 Å². The molecule has 2 heterocycles. The summed E-state index contributed by atoms with van der Waals surface area (Å²) in [6, 6.07) is 7.82. The monoisotopic (exact) mass is 372 g/mol. The Bertz CT molecular complexity index is 770. The van der Waals surface area contributed by atoms with Crippen LogP contribution in [-0.4, -0.2) is 48.0 Å². The average molecular weight is 373 g/mol. The van der Waals surface area contributed by atoms with Crippen molar-refractivity contribution in [3.63, 3.8) is 0 Å². The topological polar surface area (TPSA) is 131 Å². The molecule has 1 fully saturated rings. The minimum Gasteiger partial charge on any atom is -0.370 e. The fourth-order valence-corrected chi connectivity index (χ4v) is 3.50. The van der Waals surface area contributed by atoms with Gasteiger partial charge in [0.2, 0.25) is 5.13 Å². The molecule has 0 amide bonds. The van der Waals surface area contributed by atoms with Crippen LogP contribution in [0, 0.1) is 0 Å². The van der Waals surface area contributed by atoms with E-state index in [0.717, 1.165) is 23.5 Å². The van der Waals surface area contributed by atoms with Gasteiger partial charge in [-0.2, -0.15) is 4.99 Å². The van der Waals surface area contributed by atoms with Crippen LogP contribution in [-0.2, 0) is 0 Å². The number of benzene rings is 1. The zero-order chi connectivity index (χ0) is 18.4. The van der Waals surface area contributed by atoms with E-state index in [2.05, 4.69) is 25.2 Å². The number of nitrogens with two attached hydrogens (primary N) is 3. The van der Waals surface area contributed by atoms with Gasteiger partial charge in [-0.25, -0.2) is 4.98 Å². The van der Waals surface area contributed by atoms with Gasteiger partial charge in [0.15, 0.2) is 11.9 Å². The van der Waals surface area contributed by atoms with Crippen molar-refractivity contribution in [3.8, 4) is 11.3 Å². The average Bonchev–Trinajstić information content (AvgIpc) is 3.27. The van der Waals surface area contributed by atoms with E-state index in [4.69, 9.17) is 17.2 Å². The SMILES string of the molecule is NC(N)=Nc1nc(-c2ccc(NC(N)=NCCN3CCCC3)cc2)cs1. The van der Waals surface area contributed by atoms with Crippen molar-refractivity contribution in [2.24, 2.45) is 27.2 Å². The van der Waals surface area contributed by atoms with Gasteiger partial charge in [-0.3, -0.25) is 4.99 Å². The van der Waals surface area contributed by atoms with Gasteiger partial charge in [0.05, 0.1) is 12.2 Å². The first-order valence-electron chi connectivity index (χ1n) is 8.55. The van der Waals surface area contributed by atoms with Gasteiger partial charge in [0.25, 0.3) is 0 Å². The maximum absolute atomic E-state index is 5.96. The predicted octanol–water partition coefficient (Wildman–Crippen LogP) is 1.54. The van der Waals surface area contributed by atoms with Crippen molar-refractivity contribution in [2.75, 3.05) is 31.5 Å². The van der Waals surface area contributed by atoms with Gasteiger partial charge in [-0.1, -0.05) is 12.1 Å². The molecule has 1 aliphatic rings. The van der Waals surface area contributed by atoms with Crippen molar-refractivity contribution >= 4 is 34.1 Å². The summed E-state index contributed by atoms with van der Waals surface area (Å²) in [4.78, 5) is 15.1. The Morgan fingerprint density at radius 3 is 2.58 bits per heavy atom. The minimum absolute atomic E-state index is 0.00458. The number of aromatic nitrogens is 1. The molecule has 0 aliphatic carbocycles. The standard InChI is InChI=1S/C17H24N8S/c18-15(19)24-17-23-14(11-26-17)12-3-5-13(6-4-12)22-16(20)21-7-10-25-8-1-2-9-25/h3-6,11H,1-2,7-10H2,(H3,20,21,22)(H4,18,19,23,24). The van der Waals surface area contributed by atoms with E-state index >= 15 is 0 Å². The van der Waals surface area contributed by atoms with Crippen LogP contribution >= 0.6 is 11.3 Å². The van der Waals surface area contributed by atoms with E-state index in [1.54, 1.807) is 0 Å². The van der Waals surface area contributed by atoms with Crippen LogP contribution < -0.4 is 22.5 Å². The van der Waals surface area contributed by atoms with Gasteiger partial charge in [-0.05, 0) is 38.1 Å². The highest BCUT2D eigenvalue weighted by Gasteiger charge is 2.10. The number of hydrogen-bond acceptors (Lipinski definition) is 5. The third-order valence-electron chi connectivity index (χ3n) is 4.07. The summed E-state index contributed by atoms with van der Waals surface area (Å²) < 4.78 is 0. The number of anilines is 1. The normalized spacial score (nSPS) is 15.2. The number of likely N-dealkylation sites (tertiary alicyclic amines) is 1. The lowest BCUT2D eigenvalue weighted by atomic mass is 10.1. The quantitative estimate of drug-likeness (QED) is 0.449. The molecule has 0 spiro atoms. The first-order chi connectivity index (χ1) is 12.6. The third kappa shape index (κ3) is 5.17. The molecule has 26 heavy (non-hydrogen) atoms. The Kier molecular flexibility index (Phi) is 6.03. The highest BCUT2D eigenvalue weighted by Crippen LogP contribution is 2.27. The molecule has 0 radical (unpaired) electrons. The molecule has 1 aliphatic heterocycles. The summed E-state index contributed by atoms with van der Waals surface area (Å²) in [5.74, 6) is 0.436. The second-order valence-corrected chi connectivity index (χ2v) is 6.91. The van der Waals surface area contributed by atoms with Gasteiger partial charge in [0, 0.05) is 23.2 Å². The second kappa shape index (κ2) is 8.63. The summed E-state index contributed by atoms with van der Waals surface area (Å²) in [7, 11) is 0. The number of thiazole rings is 1. The smallest absolute Gasteiger partial charge is 0.212 e. The molecule has 0 bridgehead atoms. The Labute approximate surface area is 156 Å². The van der Waals surface area contributed by atoms with E-state index in [-0.39, 0.29) is 5.96 Å². The third-order valence-corrected chi connectivity index (χ3v) is 4.80. The predicted molar refractivity (Wildman–Crippen MR) is 109 cm³/mol. The van der Waals surface area contributed by atoms with Crippen LogP contribution in [0.4, 0.5) is 10.8 Å². The lowest BCUT2D eigenvalue weighted by Gasteiger charge is -2.12. The highest BCUT2D eigenvalue weighted by atomic mass is 32.1. The summed E-state index contributed by atoms with van der Waals surface area (Å²) >= 11 is 1.39. The second-order valence-electron chi connectivity index (χ2n) is 6.07. The molecule has 3 rings (SSSR count). The number of hydrogen-bond donors (Lipinski definition) is 4. The Hall–Kier alpha value is -2.65. The molecule has 2 aromatic rings. The van der Waals surface area contributed by atoms with Gasteiger partial charge in [-0.15, -0.1) is 11.3 Å². The molecule has 1 aromatic heterocycles. The van der Waals surface area contributed by atoms with E-state index in [1.807, 2.05) is 29.6 Å². The Morgan fingerprint density at radius 2 is 1.88 bits per heavy atom. The molecule has 1 saturated heterocycles. The number of aliphatic imine (C=N–C) groups is 2. The fourth-order valence-electron chi connectivity index (χ4n) is 2.79. The maximum Gasteiger partial charge on any atom is 0.212 e. The molecule has 9 heteroatoms. The summed E-state index contributed by atoms with van der Waals surface area (Å²) in [5, 5.41) is 5.57. The maximum atomic E-state index is 5.96. The highest BCUT2D eigenvalue weighted by molar-refractivity contribution is 7.13. The van der Waals surface area contributed by atoms with Crippen molar-refractivity contribution in [1.82, 2.24) is 9.88 Å². The van der Waals surface area contributed by atoms with E-state index in [0.29, 0.717) is 17.6 Å². The zero-order valence-corrected chi connectivity index (χ0v) is 15.4. The van der Waals surface area contributed by atoms with Crippen LogP contribution in [0.5, 0.6) is 0 Å². The largest absolute Gasteiger partial charge is 0.370 e. The van der Waals surface area contributed by atoms with Crippen molar-refractivity contribution < 1.29 is 0 Å². The van der Waals surface area contributed by atoms with E-state index < -0.39 is 0 Å². The lowest BCUT2D eigenvalue weighted by molar-refractivity contribution is 0.349. The molecule has 138 valence electrons. The van der Waals surface area contributed by atoms with Gasteiger partial charge in [0.1, 0.15) is 0 Å². The summed E-state index contributed by atoms with van der Waals surface area (Å²) in [6.07, 6.45) is 2.58. The molecule has 1 aromatic carbocycles. The first kappa shape index (κ1) is 18.2. The fraction of sp³-hybridized carbons (Fsp3) is 0.353. The Morgan fingerprint density at radius 1 is 1.15 bits per heavy atom. The van der Waals surface area contributed by atoms with E-state index in [1.165, 1.54) is 37.3 Å².